The summed E-state index contributed by atoms with van der Waals surface area (Å²) in [6.07, 6.45) is -3.64. The van der Waals surface area contributed by atoms with E-state index in [0.29, 0.717) is 25.9 Å². The lowest BCUT2D eigenvalue weighted by molar-refractivity contribution is -0.137. The summed E-state index contributed by atoms with van der Waals surface area (Å²) in [6, 6.07) is 4.08. The first-order chi connectivity index (χ1) is 11.8. The second-order valence-corrected chi connectivity index (χ2v) is 6.85. The molecule has 3 rings (SSSR count). The average molecular weight is 372 g/mol. The number of likely N-dealkylation sites (tertiary alicyclic amines) is 1. The minimum absolute atomic E-state index is 0.0165. The molecule has 2 saturated heterocycles. The third-order valence-electron chi connectivity index (χ3n) is 4.34. The van der Waals surface area contributed by atoms with Crippen LogP contribution in [0.3, 0.4) is 0 Å². The van der Waals surface area contributed by atoms with Crippen LogP contribution in [0.1, 0.15) is 28.8 Å². The molecule has 0 N–H and O–H groups in total. The normalized spacial score (nSPS) is 19.6. The summed E-state index contributed by atoms with van der Waals surface area (Å²) in [5, 5.41) is -0.271. The number of halogens is 3. The van der Waals surface area contributed by atoms with E-state index in [1.807, 2.05) is 0 Å². The number of rotatable bonds is 2. The van der Waals surface area contributed by atoms with Gasteiger partial charge >= 0.3 is 6.18 Å². The number of alkyl halides is 3. The maximum absolute atomic E-state index is 12.8. The van der Waals surface area contributed by atoms with E-state index in [2.05, 4.69) is 0 Å². The van der Waals surface area contributed by atoms with Crippen molar-refractivity contribution in [2.75, 3.05) is 18.8 Å². The van der Waals surface area contributed by atoms with E-state index in [1.54, 1.807) is 0 Å². The van der Waals surface area contributed by atoms with Crippen LogP contribution in [-0.4, -0.2) is 51.7 Å². The van der Waals surface area contributed by atoms with E-state index < -0.39 is 17.6 Å². The molecule has 0 aliphatic carbocycles. The van der Waals surface area contributed by atoms with Crippen molar-refractivity contribution in [1.29, 1.82) is 0 Å². The quantitative estimate of drug-likeness (QED) is 0.801. The second kappa shape index (κ2) is 6.70. The van der Waals surface area contributed by atoms with E-state index >= 15 is 0 Å². The molecule has 5 nitrogen and oxygen atoms in total. The zero-order valence-electron chi connectivity index (χ0n) is 13.1. The number of benzene rings is 1. The van der Waals surface area contributed by atoms with Crippen molar-refractivity contribution in [3.63, 3.8) is 0 Å². The maximum Gasteiger partial charge on any atom is 0.416 e. The first-order valence-electron chi connectivity index (χ1n) is 7.73. The highest BCUT2D eigenvalue weighted by Gasteiger charge is 2.38. The smallest absolute Gasteiger partial charge is 0.338 e. The SMILES string of the molecule is O=C(c1cccc(C(F)(F)F)c1)N1CCC(N2C(=O)CSC2=O)CC1. The summed E-state index contributed by atoms with van der Waals surface area (Å²) in [6.45, 7) is 0.586. The third-order valence-corrected chi connectivity index (χ3v) is 5.17. The average Bonchev–Trinajstić information content (AvgIpc) is 2.92. The van der Waals surface area contributed by atoms with Crippen molar-refractivity contribution in [2.24, 2.45) is 0 Å². The van der Waals surface area contributed by atoms with E-state index in [4.69, 9.17) is 0 Å². The highest BCUT2D eigenvalue weighted by atomic mass is 32.2. The molecule has 0 atom stereocenters. The number of nitrogens with zero attached hydrogens (tertiary/aromatic N) is 2. The van der Waals surface area contributed by atoms with Gasteiger partial charge in [0, 0.05) is 24.7 Å². The van der Waals surface area contributed by atoms with E-state index in [0.717, 1.165) is 23.9 Å². The predicted octanol–water partition coefficient (Wildman–Crippen LogP) is 3.01. The summed E-state index contributed by atoms with van der Waals surface area (Å²) >= 11 is 0.965. The van der Waals surface area contributed by atoms with E-state index in [-0.39, 0.29) is 28.5 Å². The van der Waals surface area contributed by atoms with Crippen LogP contribution in [-0.2, 0) is 11.0 Å². The summed E-state index contributed by atoms with van der Waals surface area (Å²) in [4.78, 5) is 38.6. The monoisotopic (exact) mass is 372 g/mol. The number of hydrogen-bond acceptors (Lipinski definition) is 4. The summed E-state index contributed by atoms with van der Waals surface area (Å²) in [5.41, 5.74) is -0.879. The lowest BCUT2D eigenvalue weighted by atomic mass is 10.0. The van der Waals surface area contributed by atoms with Crippen LogP contribution in [0, 0.1) is 0 Å². The summed E-state index contributed by atoms with van der Waals surface area (Å²) in [5.74, 6) is -0.557. The lowest BCUT2D eigenvalue weighted by Crippen LogP contribution is -2.48. The van der Waals surface area contributed by atoms with Crippen LogP contribution >= 0.6 is 11.8 Å². The Morgan fingerprint density at radius 1 is 1.16 bits per heavy atom. The van der Waals surface area contributed by atoms with Gasteiger partial charge in [-0.15, -0.1) is 0 Å². The van der Waals surface area contributed by atoms with Gasteiger partial charge in [-0.3, -0.25) is 19.3 Å². The van der Waals surface area contributed by atoms with Gasteiger partial charge in [0.2, 0.25) is 5.91 Å². The van der Waals surface area contributed by atoms with E-state index in [9.17, 15) is 27.6 Å². The zero-order valence-corrected chi connectivity index (χ0v) is 13.9. The van der Waals surface area contributed by atoms with Gasteiger partial charge in [0.25, 0.3) is 11.1 Å². The van der Waals surface area contributed by atoms with Crippen LogP contribution in [0.2, 0.25) is 0 Å². The topological polar surface area (TPSA) is 57.7 Å². The molecule has 2 aliphatic rings. The van der Waals surface area contributed by atoms with Gasteiger partial charge in [0.15, 0.2) is 0 Å². The Balaban J connectivity index is 1.66. The number of hydrogen-bond donors (Lipinski definition) is 0. The maximum atomic E-state index is 12.8. The standard InChI is InChI=1S/C16H15F3N2O3S/c17-16(18,19)11-3-1-2-10(8-11)14(23)20-6-4-12(5-7-20)21-13(22)9-25-15(21)24/h1-3,8,12H,4-7,9H2. The number of carbonyl (C=O) groups excluding carboxylic acids is 3. The van der Waals surface area contributed by atoms with Gasteiger partial charge in [-0.1, -0.05) is 17.8 Å². The molecular weight excluding hydrogens is 357 g/mol. The Morgan fingerprint density at radius 2 is 1.84 bits per heavy atom. The minimum Gasteiger partial charge on any atom is -0.338 e. The molecule has 134 valence electrons. The Bertz CT molecular complexity index is 699. The largest absolute Gasteiger partial charge is 0.416 e. The van der Waals surface area contributed by atoms with Crippen LogP contribution in [0.4, 0.5) is 18.0 Å². The van der Waals surface area contributed by atoms with Crippen molar-refractivity contribution >= 4 is 28.8 Å². The van der Waals surface area contributed by atoms with Gasteiger partial charge in [0.05, 0.1) is 11.3 Å². The van der Waals surface area contributed by atoms with Gasteiger partial charge in [0.1, 0.15) is 0 Å². The number of thioether (sulfide) groups is 1. The van der Waals surface area contributed by atoms with Crippen molar-refractivity contribution in [3.05, 3.63) is 35.4 Å². The van der Waals surface area contributed by atoms with E-state index in [1.165, 1.54) is 21.9 Å². The molecule has 25 heavy (non-hydrogen) atoms. The Morgan fingerprint density at radius 3 is 2.40 bits per heavy atom. The Labute approximate surface area is 146 Å². The molecule has 0 unspecified atom stereocenters. The second-order valence-electron chi connectivity index (χ2n) is 5.92. The van der Waals surface area contributed by atoms with Crippen molar-refractivity contribution < 1.29 is 27.6 Å². The summed E-state index contributed by atoms with van der Waals surface area (Å²) in [7, 11) is 0. The Kier molecular flexibility index (Phi) is 4.77. The summed E-state index contributed by atoms with van der Waals surface area (Å²) < 4.78 is 38.3. The lowest BCUT2D eigenvalue weighted by Gasteiger charge is -2.35. The molecule has 0 saturated carbocycles. The van der Waals surface area contributed by atoms with Crippen LogP contribution in [0.25, 0.3) is 0 Å². The van der Waals surface area contributed by atoms with Gasteiger partial charge in [-0.2, -0.15) is 13.2 Å². The fourth-order valence-electron chi connectivity index (χ4n) is 3.06. The first-order valence-corrected chi connectivity index (χ1v) is 8.71. The Hall–Kier alpha value is -2.03. The van der Waals surface area contributed by atoms with Crippen molar-refractivity contribution in [3.8, 4) is 0 Å². The van der Waals surface area contributed by atoms with Gasteiger partial charge in [-0.05, 0) is 31.0 Å². The van der Waals surface area contributed by atoms with Crippen LogP contribution in [0.15, 0.2) is 24.3 Å². The molecule has 0 aromatic heterocycles. The fraction of sp³-hybridized carbons (Fsp3) is 0.438. The van der Waals surface area contributed by atoms with Gasteiger partial charge in [-0.25, -0.2) is 0 Å². The highest BCUT2D eigenvalue weighted by molar-refractivity contribution is 8.14. The molecule has 2 aliphatic heterocycles. The van der Waals surface area contributed by atoms with Crippen LogP contribution in [0.5, 0.6) is 0 Å². The number of imide groups is 1. The fourth-order valence-corrected chi connectivity index (χ4v) is 3.83. The van der Waals surface area contributed by atoms with Gasteiger partial charge < -0.3 is 4.90 Å². The molecule has 3 amide bonds. The highest BCUT2D eigenvalue weighted by Crippen LogP contribution is 2.30. The molecule has 1 aromatic rings. The first kappa shape index (κ1) is 17.8. The predicted molar refractivity (Wildman–Crippen MR) is 85.1 cm³/mol. The number of piperidine rings is 1. The molecule has 2 heterocycles. The minimum atomic E-state index is -4.50. The molecule has 0 radical (unpaired) electrons. The molecule has 0 bridgehead atoms. The number of amides is 3. The molecule has 9 heteroatoms. The third kappa shape index (κ3) is 3.65. The van der Waals surface area contributed by atoms with Crippen LogP contribution < -0.4 is 0 Å². The van der Waals surface area contributed by atoms with Crippen molar-refractivity contribution in [2.45, 2.75) is 25.1 Å². The molecule has 2 fully saturated rings. The molecule has 1 aromatic carbocycles. The zero-order chi connectivity index (χ0) is 18.2. The molecular formula is C16H15F3N2O3S. The number of carbonyl (C=O) groups is 3. The van der Waals surface area contributed by atoms with Crippen molar-refractivity contribution in [1.82, 2.24) is 9.80 Å². The molecule has 0 spiro atoms.